The number of aliphatic carboxylic acids is 1. The van der Waals surface area contributed by atoms with Gasteiger partial charge in [0.15, 0.2) is 6.10 Å². The summed E-state index contributed by atoms with van der Waals surface area (Å²) >= 11 is 0. The summed E-state index contributed by atoms with van der Waals surface area (Å²) < 4.78 is 10.1. The summed E-state index contributed by atoms with van der Waals surface area (Å²) in [6.45, 7) is 1.31. The summed E-state index contributed by atoms with van der Waals surface area (Å²) in [7, 11) is 1.42. The van der Waals surface area contributed by atoms with Crippen LogP contribution < -0.4 is 4.74 Å². The normalized spacial score (nSPS) is 11.9. The largest absolute Gasteiger partial charge is 0.496 e. The molecule has 1 aromatic carbocycles. The van der Waals surface area contributed by atoms with E-state index in [4.69, 9.17) is 14.6 Å². The molecule has 0 bridgehead atoms. The number of rotatable bonds is 6. The summed E-state index contributed by atoms with van der Waals surface area (Å²) in [6, 6.07) is 4.05. The van der Waals surface area contributed by atoms with Crippen molar-refractivity contribution in [2.24, 2.45) is 0 Å². The smallest absolute Gasteiger partial charge is 0.332 e. The van der Waals surface area contributed by atoms with Crippen LogP contribution in [0.2, 0.25) is 0 Å². The van der Waals surface area contributed by atoms with Gasteiger partial charge in [0.2, 0.25) is 0 Å². The highest BCUT2D eigenvalue weighted by atomic mass is 16.6. The van der Waals surface area contributed by atoms with Crippen molar-refractivity contribution in [3.8, 4) is 5.75 Å². The van der Waals surface area contributed by atoms with Gasteiger partial charge in [-0.3, -0.25) is 10.1 Å². The molecule has 1 N–H and O–H groups in total. The molecule has 0 spiro atoms. The Labute approximate surface area is 103 Å². The Balaban J connectivity index is 2.88. The van der Waals surface area contributed by atoms with Crippen molar-refractivity contribution in [2.45, 2.75) is 19.6 Å². The average molecular weight is 255 g/mol. The zero-order valence-electron chi connectivity index (χ0n) is 9.95. The Morgan fingerprint density at radius 3 is 2.72 bits per heavy atom. The minimum Gasteiger partial charge on any atom is -0.496 e. The van der Waals surface area contributed by atoms with Gasteiger partial charge in [-0.25, -0.2) is 4.79 Å². The number of hydrogen-bond donors (Lipinski definition) is 1. The molecule has 0 fully saturated rings. The second-order valence-corrected chi connectivity index (χ2v) is 3.54. The molecule has 1 rings (SSSR count). The van der Waals surface area contributed by atoms with E-state index in [-0.39, 0.29) is 12.3 Å². The van der Waals surface area contributed by atoms with E-state index in [1.165, 1.54) is 32.2 Å². The molecule has 1 atom stereocenters. The van der Waals surface area contributed by atoms with Crippen LogP contribution in [0.25, 0.3) is 0 Å². The number of carbonyl (C=O) groups is 1. The molecule has 1 aromatic rings. The molecule has 0 aromatic heterocycles. The summed E-state index contributed by atoms with van der Waals surface area (Å²) in [6.07, 6.45) is -0.992. The predicted octanol–water partition coefficient (Wildman–Crippen LogP) is 1.59. The minimum absolute atomic E-state index is 0.0711. The van der Waals surface area contributed by atoms with Crippen LogP contribution in [0.5, 0.6) is 5.75 Å². The summed E-state index contributed by atoms with van der Waals surface area (Å²) in [5, 5.41) is 19.3. The second-order valence-electron chi connectivity index (χ2n) is 3.54. The van der Waals surface area contributed by atoms with Crippen molar-refractivity contribution in [3.05, 3.63) is 33.9 Å². The number of carboxylic acid groups (broad SMARTS) is 1. The molecule has 0 saturated heterocycles. The minimum atomic E-state index is -1.10. The Hall–Kier alpha value is -2.15. The van der Waals surface area contributed by atoms with Crippen molar-refractivity contribution in [1.82, 2.24) is 0 Å². The van der Waals surface area contributed by atoms with Crippen LogP contribution in [0.4, 0.5) is 5.69 Å². The maximum Gasteiger partial charge on any atom is 0.332 e. The molecule has 0 heterocycles. The Kier molecular flexibility index (Phi) is 4.61. The van der Waals surface area contributed by atoms with Crippen LogP contribution in [0.15, 0.2) is 18.2 Å². The first-order chi connectivity index (χ1) is 8.45. The lowest BCUT2D eigenvalue weighted by atomic mass is 10.2. The van der Waals surface area contributed by atoms with Crippen LogP contribution in [0.3, 0.4) is 0 Å². The maximum absolute atomic E-state index is 10.6. The van der Waals surface area contributed by atoms with Crippen LogP contribution in [0.1, 0.15) is 12.5 Å². The van der Waals surface area contributed by atoms with Crippen molar-refractivity contribution >= 4 is 11.7 Å². The second kappa shape index (κ2) is 5.97. The van der Waals surface area contributed by atoms with Gasteiger partial charge in [0.25, 0.3) is 5.69 Å². The third-order valence-corrected chi connectivity index (χ3v) is 2.31. The van der Waals surface area contributed by atoms with E-state index in [1.54, 1.807) is 0 Å². The van der Waals surface area contributed by atoms with Crippen LogP contribution in [0, 0.1) is 10.1 Å². The number of benzene rings is 1. The highest BCUT2D eigenvalue weighted by Crippen LogP contribution is 2.24. The van der Waals surface area contributed by atoms with Gasteiger partial charge in [-0.15, -0.1) is 0 Å². The van der Waals surface area contributed by atoms with E-state index in [1.807, 2.05) is 0 Å². The average Bonchev–Trinajstić information content (AvgIpc) is 2.35. The van der Waals surface area contributed by atoms with E-state index < -0.39 is 17.0 Å². The first kappa shape index (κ1) is 13.9. The number of nitro benzene ring substituents is 1. The zero-order chi connectivity index (χ0) is 13.7. The van der Waals surface area contributed by atoms with Crippen molar-refractivity contribution in [2.75, 3.05) is 7.11 Å². The number of ether oxygens (including phenoxy) is 2. The van der Waals surface area contributed by atoms with Crippen molar-refractivity contribution in [1.29, 1.82) is 0 Å². The van der Waals surface area contributed by atoms with Gasteiger partial charge in [-0.05, 0) is 13.0 Å². The number of nitro groups is 1. The number of hydrogen-bond acceptors (Lipinski definition) is 5. The molecule has 0 saturated carbocycles. The molecular weight excluding hydrogens is 242 g/mol. The molecule has 0 aliphatic rings. The Morgan fingerprint density at radius 2 is 2.22 bits per heavy atom. The SMILES string of the molecule is COc1ccc([N+](=O)[O-])cc1CO[C@H](C)C(=O)O. The summed E-state index contributed by atoms with van der Waals surface area (Å²) in [5.74, 6) is -0.683. The monoisotopic (exact) mass is 255 g/mol. The van der Waals surface area contributed by atoms with Gasteiger partial charge in [0.05, 0.1) is 18.6 Å². The topological polar surface area (TPSA) is 98.9 Å². The lowest BCUT2D eigenvalue weighted by Crippen LogP contribution is -2.19. The molecular formula is C11H13NO6. The van der Waals surface area contributed by atoms with Crippen LogP contribution in [-0.4, -0.2) is 29.2 Å². The van der Waals surface area contributed by atoms with Gasteiger partial charge in [0, 0.05) is 17.7 Å². The van der Waals surface area contributed by atoms with Gasteiger partial charge in [0.1, 0.15) is 5.75 Å². The molecule has 7 nitrogen and oxygen atoms in total. The van der Waals surface area contributed by atoms with Gasteiger partial charge in [-0.1, -0.05) is 0 Å². The molecule has 0 radical (unpaired) electrons. The quantitative estimate of drug-likeness (QED) is 0.612. The lowest BCUT2D eigenvalue weighted by molar-refractivity contribution is -0.385. The Bertz CT molecular complexity index is 459. The molecule has 0 aliphatic carbocycles. The fraction of sp³-hybridized carbons (Fsp3) is 0.364. The first-order valence-corrected chi connectivity index (χ1v) is 5.11. The van der Waals surface area contributed by atoms with Gasteiger partial charge >= 0.3 is 5.97 Å². The standard InChI is InChI=1S/C11H13NO6/c1-7(11(13)14)18-6-8-5-9(12(15)16)3-4-10(8)17-2/h3-5,7H,6H2,1-2H3,(H,13,14)/t7-/m1/s1. The van der Waals surface area contributed by atoms with E-state index in [0.29, 0.717) is 11.3 Å². The third-order valence-electron chi connectivity index (χ3n) is 2.31. The Morgan fingerprint density at radius 1 is 1.56 bits per heavy atom. The van der Waals surface area contributed by atoms with Crippen molar-refractivity contribution < 1.29 is 24.3 Å². The van der Waals surface area contributed by atoms with Crippen molar-refractivity contribution in [3.63, 3.8) is 0 Å². The van der Waals surface area contributed by atoms with E-state index in [2.05, 4.69) is 0 Å². The highest BCUT2D eigenvalue weighted by molar-refractivity contribution is 5.71. The number of carboxylic acids is 1. The van der Waals surface area contributed by atoms with E-state index in [9.17, 15) is 14.9 Å². The highest BCUT2D eigenvalue weighted by Gasteiger charge is 2.15. The third kappa shape index (κ3) is 3.42. The van der Waals surface area contributed by atoms with E-state index in [0.717, 1.165) is 0 Å². The van der Waals surface area contributed by atoms with Crippen LogP contribution in [-0.2, 0) is 16.1 Å². The van der Waals surface area contributed by atoms with E-state index >= 15 is 0 Å². The lowest BCUT2D eigenvalue weighted by Gasteiger charge is -2.11. The van der Waals surface area contributed by atoms with Gasteiger partial charge < -0.3 is 14.6 Å². The molecule has 98 valence electrons. The predicted molar refractivity (Wildman–Crippen MR) is 61.5 cm³/mol. The fourth-order valence-electron chi connectivity index (χ4n) is 1.28. The molecule has 0 aliphatic heterocycles. The molecule has 7 heteroatoms. The molecule has 0 amide bonds. The number of nitrogens with zero attached hydrogens (tertiary/aromatic N) is 1. The summed E-state index contributed by atoms with van der Waals surface area (Å²) in [4.78, 5) is 20.7. The first-order valence-electron chi connectivity index (χ1n) is 5.11. The number of non-ortho nitro benzene ring substituents is 1. The van der Waals surface area contributed by atoms with Gasteiger partial charge in [-0.2, -0.15) is 0 Å². The zero-order valence-corrected chi connectivity index (χ0v) is 9.95. The molecule has 18 heavy (non-hydrogen) atoms. The summed E-state index contributed by atoms with van der Waals surface area (Å²) in [5.41, 5.74) is 0.331. The number of methoxy groups -OCH3 is 1. The van der Waals surface area contributed by atoms with Crippen LogP contribution >= 0.6 is 0 Å². The molecule has 0 unspecified atom stereocenters. The maximum atomic E-state index is 10.6. The fourth-order valence-corrected chi connectivity index (χ4v) is 1.28.